The minimum Gasteiger partial charge on any atom is -0.496 e. The lowest BCUT2D eigenvalue weighted by atomic mass is 10.0. The van der Waals surface area contributed by atoms with Crippen LogP contribution in [0.25, 0.3) is 21.0 Å². The maximum atomic E-state index is 14.0. The zero-order valence-corrected chi connectivity index (χ0v) is 19.3. The Morgan fingerprint density at radius 2 is 1.76 bits per heavy atom. The average Bonchev–Trinajstić information content (AvgIpc) is 3.52. The van der Waals surface area contributed by atoms with Crippen molar-refractivity contribution in [3.8, 4) is 11.5 Å². The minimum absolute atomic E-state index is 0.218. The Kier molecular flexibility index (Phi) is 5.48. The molecule has 0 atom stereocenters. The van der Waals surface area contributed by atoms with E-state index in [1.807, 2.05) is 61.5 Å². The predicted octanol–water partition coefficient (Wildman–Crippen LogP) is 6.22. The third-order valence-corrected chi connectivity index (χ3v) is 6.79. The Balaban J connectivity index is 1.66. The number of amides is 1. The van der Waals surface area contributed by atoms with Gasteiger partial charge in [0.05, 0.1) is 37.3 Å². The first kappa shape index (κ1) is 21.0. The molecule has 0 bridgehead atoms. The molecule has 166 valence electrons. The van der Waals surface area contributed by atoms with Crippen molar-refractivity contribution in [3.63, 3.8) is 0 Å². The molecule has 0 N–H and O–H groups in total. The molecule has 33 heavy (non-hydrogen) atoms. The quantitative estimate of drug-likeness (QED) is 0.302. The molecule has 0 saturated carbocycles. The maximum Gasteiger partial charge on any atom is 0.264 e. The topological polar surface area (TPSA) is 64.8 Å². The number of rotatable bonds is 6. The summed E-state index contributed by atoms with van der Waals surface area (Å²) >= 11 is 1.45. The van der Waals surface area contributed by atoms with Gasteiger partial charge in [0.2, 0.25) is 0 Å². The van der Waals surface area contributed by atoms with E-state index in [0.29, 0.717) is 28.0 Å². The molecule has 7 heteroatoms. The second-order valence-electron chi connectivity index (χ2n) is 7.63. The van der Waals surface area contributed by atoms with Gasteiger partial charge in [-0.15, -0.1) is 0 Å². The van der Waals surface area contributed by atoms with E-state index < -0.39 is 0 Å². The monoisotopic (exact) mass is 458 g/mol. The van der Waals surface area contributed by atoms with Crippen LogP contribution in [0.15, 0.2) is 71.3 Å². The zero-order valence-electron chi connectivity index (χ0n) is 18.5. The highest BCUT2D eigenvalue weighted by Gasteiger charge is 2.26. The van der Waals surface area contributed by atoms with Gasteiger partial charge in [-0.3, -0.25) is 9.69 Å². The van der Waals surface area contributed by atoms with E-state index in [2.05, 4.69) is 0 Å². The summed E-state index contributed by atoms with van der Waals surface area (Å²) in [6.45, 7) is 2.26. The number of methoxy groups -OCH3 is 2. The molecule has 0 fully saturated rings. The van der Waals surface area contributed by atoms with Gasteiger partial charge >= 0.3 is 0 Å². The number of anilines is 1. The van der Waals surface area contributed by atoms with Crippen LogP contribution in [0.1, 0.15) is 21.7 Å². The number of fused-ring (bicyclic) bond motifs is 2. The Morgan fingerprint density at radius 3 is 2.45 bits per heavy atom. The SMILES string of the molecule is COc1cc2ccccc2cc1C(=O)N(Cc1ccco1)c1nc2c(OC)ccc(C)c2s1. The van der Waals surface area contributed by atoms with Crippen LogP contribution < -0.4 is 14.4 Å². The lowest BCUT2D eigenvalue weighted by molar-refractivity contribution is 0.0980. The van der Waals surface area contributed by atoms with E-state index in [0.717, 1.165) is 26.6 Å². The number of aromatic nitrogens is 1. The van der Waals surface area contributed by atoms with Gasteiger partial charge in [-0.2, -0.15) is 0 Å². The van der Waals surface area contributed by atoms with E-state index in [4.69, 9.17) is 18.9 Å². The fraction of sp³-hybridized carbons (Fsp3) is 0.154. The van der Waals surface area contributed by atoms with Crippen LogP contribution >= 0.6 is 11.3 Å². The molecule has 2 heterocycles. The summed E-state index contributed by atoms with van der Waals surface area (Å²) in [4.78, 5) is 20.4. The largest absolute Gasteiger partial charge is 0.496 e. The molecular weight excluding hydrogens is 436 g/mol. The van der Waals surface area contributed by atoms with Crippen molar-refractivity contribution in [1.82, 2.24) is 4.98 Å². The third kappa shape index (κ3) is 3.81. The van der Waals surface area contributed by atoms with Crippen LogP contribution in [0.3, 0.4) is 0 Å². The number of carbonyl (C=O) groups is 1. The summed E-state index contributed by atoms with van der Waals surface area (Å²) in [6.07, 6.45) is 1.60. The van der Waals surface area contributed by atoms with Gasteiger partial charge in [-0.05, 0) is 53.6 Å². The Bertz CT molecular complexity index is 1460. The number of ether oxygens (including phenoxy) is 2. The normalized spacial score (nSPS) is 11.1. The highest BCUT2D eigenvalue weighted by Crippen LogP contribution is 2.38. The average molecular weight is 459 g/mol. The lowest BCUT2D eigenvalue weighted by Crippen LogP contribution is -2.30. The number of thiazole rings is 1. The molecule has 0 radical (unpaired) electrons. The van der Waals surface area contributed by atoms with Crippen LogP contribution in [0.5, 0.6) is 11.5 Å². The number of furan rings is 1. The summed E-state index contributed by atoms with van der Waals surface area (Å²) in [7, 11) is 3.19. The number of nitrogens with zero attached hydrogens (tertiary/aromatic N) is 2. The van der Waals surface area contributed by atoms with Gasteiger partial charge < -0.3 is 13.9 Å². The van der Waals surface area contributed by atoms with Crippen molar-refractivity contribution in [1.29, 1.82) is 0 Å². The van der Waals surface area contributed by atoms with Gasteiger partial charge in [-0.1, -0.05) is 41.7 Å². The number of hydrogen-bond donors (Lipinski definition) is 0. The van der Waals surface area contributed by atoms with Crippen molar-refractivity contribution in [2.75, 3.05) is 19.1 Å². The fourth-order valence-electron chi connectivity index (χ4n) is 3.86. The molecule has 0 aliphatic rings. The number of benzene rings is 3. The fourth-order valence-corrected chi connectivity index (χ4v) is 4.91. The van der Waals surface area contributed by atoms with Crippen molar-refractivity contribution in [2.45, 2.75) is 13.5 Å². The van der Waals surface area contributed by atoms with E-state index in [1.54, 1.807) is 31.4 Å². The van der Waals surface area contributed by atoms with Crippen LogP contribution in [0.4, 0.5) is 5.13 Å². The van der Waals surface area contributed by atoms with Crippen molar-refractivity contribution in [2.24, 2.45) is 0 Å². The molecule has 2 aromatic heterocycles. The summed E-state index contributed by atoms with van der Waals surface area (Å²) < 4.78 is 17.7. The van der Waals surface area contributed by atoms with Gasteiger partial charge in [-0.25, -0.2) is 4.98 Å². The van der Waals surface area contributed by atoms with Crippen LogP contribution in [0, 0.1) is 6.92 Å². The molecule has 6 nitrogen and oxygen atoms in total. The molecule has 1 amide bonds. The van der Waals surface area contributed by atoms with Gasteiger partial charge in [0, 0.05) is 0 Å². The first-order valence-electron chi connectivity index (χ1n) is 10.4. The third-order valence-electron chi connectivity index (χ3n) is 5.58. The second-order valence-corrected chi connectivity index (χ2v) is 8.61. The number of hydrogen-bond acceptors (Lipinski definition) is 6. The van der Waals surface area contributed by atoms with Crippen LogP contribution in [-0.4, -0.2) is 25.1 Å². The molecule has 5 aromatic rings. The van der Waals surface area contributed by atoms with Gasteiger partial charge in [0.15, 0.2) is 5.13 Å². The van der Waals surface area contributed by atoms with Crippen molar-refractivity contribution < 1.29 is 18.7 Å². The van der Waals surface area contributed by atoms with Crippen molar-refractivity contribution >= 4 is 43.4 Å². The lowest BCUT2D eigenvalue weighted by Gasteiger charge is -2.20. The first-order valence-corrected chi connectivity index (χ1v) is 11.3. The Labute approximate surface area is 195 Å². The summed E-state index contributed by atoms with van der Waals surface area (Å²) in [5, 5.41) is 2.53. The molecule has 0 saturated heterocycles. The Morgan fingerprint density at radius 1 is 1.00 bits per heavy atom. The number of carbonyl (C=O) groups excluding carboxylic acids is 1. The molecular formula is C26H22N2O4S. The smallest absolute Gasteiger partial charge is 0.264 e. The molecule has 5 rings (SSSR count). The highest BCUT2D eigenvalue weighted by molar-refractivity contribution is 7.22. The summed E-state index contributed by atoms with van der Waals surface area (Å²) in [5.74, 6) is 1.63. The van der Waals surface area contributed by atoms with E-state index >= 15 is 0 Å². The number of aryl methyl sites for hydroxylation is 1. The van der Waals surface area contributed by atoms with Crippen LogP contribution in [-0.2, 0) is 6.54 Å². The van der Waals surface area contributed by atoms with Gasteiger partial charge in [0.1, 0.15) is 22.8 Å². The molecule has 0 aliphatic heterocycles. The molecule has 0 spiro atoms. The van der Waals surface area contributed by atoms with Crippen molar-refractivity contribution in [3.05, 3.63) is 83.8 Å². The van der Waals surface area contributed by atoms with E-state index in [-0.39, 0.29) is 12.5 Å². The predicted molar refractivity (Wildman–Crippen MR) is 131 cm³/mol. The summed E-state index contributed by atoms with van der Waals surface area (Å²) in [6, 6.07) is 19.2. The molecule has 0 aliphatic carbocycles. The van der Waals surface area contributed by atoms with E-state index in [9.17, 15) is 4.79 Å². The van der Waals surface area contributed by atoms with Crippen LogP contribution in [0.2, 0.25) is 0 Å². The maximum absolute atomic E-state index is 14.0. The van der Waals surface area contributed by atoms with E-state index in [1.165, 1.54) is 11.3 Å². The molecule has 3 aromatic carbocycles. The Hall–Kier alpha value is -3.84. The highest BCUT2D eigenvalue weighted by atomic mass is 32.1. The second kappa shape index (κ2) is 8.60. The zero-order chi connectivity index (χ0) is 22.9. The summed E-state index contributed by atoms with van der Waals surface area (Å²) in [5.41, 5.74) is 2.27. The first-order chi connectivity index (χ1) is 16.1. The minimum atomic E-state index is -0.218. The molecule has 0 unspecified atom stereocenters. The standard InChI is InChI=1S/C26H22N2O4S/c1-16-10-11-21(30-2)23-24(16)33-26(27-23)28(15-19-9-6-12-32-19)25(29)20-13-17-7-4-5-8-18(17)14-22(20)31-3/h4-14H,15H2,1-3H3. The van der Waals surface area contributed by atoms with Gasteiger partial charge in [0.25, 0.3) is 5.91 Å².